The average Bonchev–Trinajstić information content (AvgIpc) is 0.753. The molecule has 0 aliphatic heterocycles. The van der Waals surface area contributed by atoms with Crippen molar-refractivity contribution >= 4 is 0 Å². The monoisotopic (exact) mass is 1930 g/mol. The van der Waals surface area contributed by atoms with Crippen molar-refractivity contribution in [2.45, 2.75) is 157 Å². The molecule has 0 saturated carbocycles. The van der Waals surface area contributed by atoms with Gasteiger partial charge in [0.25, 0.3) is 0 Å². The molecular weight excluding hydrogens is 1820 g/mol. The van der Waals surface area contributed by atoms with Crippen molar-refractivity contribution in [1.82, 2.24) is 59.8 Å². The van der Waals surface area contributed by atoms with Gasteiger partial charge in [0.05, 0.1) is 91.1 Å². The third-order valence-electron chi connectivity index (χ3n) is 27.4. The molecule has 0 saturated heterocycles. The van der Waals surface area contributed by atoms with Gasteiger partial charge in [0.2, 0.25) is 0 Å². The Morgan fingerprint density at radius 1 is 0.169 bits per heavy atom. The van der Waals surface area contributed by atoms with Crippen molar-refractivity contribution < 1.29 is 18.9 Å². The van der Waals surface area contributed by atoms with Gasteiger partial charge in [-0.05, 0) is 301 Å². The van der Waals surface area contributed by atoms with Crippen molar-refractivity contribution in [3.8, 4) is 159 Å². The zero-order chi connectivity index (χ0) is 102. The van der Waals surface area contributed by atoms with Gasteiger partial charge >= 0.3 is 0 Å². The first-order chi connectivity index (χ1) is 71.7. The van der Waals surface area contributed by atoms with E-state index < -0.39 is 0 Å². The van der Waals surface area contributed by atoms with Crippen LogP contribution in [0.25, 0.3) is 136 Å². The predicted molar refractivity (Wildman–Crippen MR) is 594 cm³/mol. The molecule has 1 aliphatic rings. The molecule has 21 rings (SSSR count). The van der Waals surface area contributed by atoms with Gasteiger partial charge < -0.3 is 18.9 Å². The summed E-state index contributed by atoms with van der Waals surface area (Å²) in [6.45, 7) is 28.8. The normalized spacial score (nSPS) is 12.2. The Labute approximate surface area is 866 Å². The van der Waals surface area contributed by atoms with Gasteiger partial charge in [-0.1, -0.05) is 277 Å². The Hall–Kier alpha value is -17.2. The standard InChI is InChI=1S/C132H116N12O4/c1-129(2,3)105-65-97-61-99-67-106(130(4,5)6)69-101(126(99)146-82-86-39-47-90(48-40-86)94-75-119(111-31-15-23-55-135-111)142-120(76-94)112-32-16-24-56-136-112)63-103-71-108(132(10,11)12)72-104(128(103)148-84-88-43-51-92(52-44-88)96-79-123(115-35-19-27-59-139-115)144-124(80-96)116-36-20-28-60-140-116)64-102-70-107(131(7,8)9)68-100(127(102)147-83-87-41-49-91(50-42-87)95-77-121(113-33-17-25-57-137-113)143-122(78-95)114-34-18-26-58-138-114)62-98(66-105)125(97)145-81-85-37-45-89(46-38-85)93-73-117(109-29-13-21-53-133-109)141-118(74-93)110-30-14-22-54-134-110/h13-60,65-80H,61-64,81-84H2,1-12H3. The van der Waals surface area contributed by atoms with E-state index in [0.29, 0.717) is 25.7 Å². The zero-order valence-electron chi connectivity index (χ0n) is 85.6. The van der Waals surface area contributed by atoms with Crippen molar-refractivity contribution in [1.29, 1.82) is 0 Å². The molecule has 0 radical (unpaired) electrons. The van der Waals surface area contributed by atoms with Gasteiger partial charge in [0.15, 0.2) is 0 Å². The van der Waals surface area contributed by atoms with E-state index in [1.54, 1.807) is 49.6 Å². The second-order valence-electron chi connectivity index (χ2n) is 42.4. The van der Waals surface area contributed by atoms with E-state index in [2.05, 4.69) is 277 Å². The zero-order valence-corrected chi connectivity index (χ0v) is 85.6. The lowest BCUT2D eigenvalue weighted by molar-refractivity contribution is 0.293. The molecule has 8 bridgehead atoms. The number of ether oxygens (including phenoxy) is 4. The van der Waals surface area contributed by atoms with E-state index in [1.165, 1.54) is 0 Å². The summed E-state index contributed by atoms with van der Waals surface area (Å²) < 4.78 is 31.4. The number of fused-ring (bicyclic) bond motifs is 8. The summed E-state index contributed by atoms with van der Waals surface area (Å²) >= 11 is 0. The van der Waals surface area contributed by atoms with Crippen LogP contribution in [0.4, 0.5) is 0 Å². The highest BCUT2D eigenvalue weighted by atomic mass is 16.5. The highest BCUT2D eigenvalue weighted by Crippen LogP contribution is 2.48. The highest BCUT2D eigenvalue weighted by Gasteiger charge is 2.32. The largest absolute Gasteiger partial charge is 0.488 e. The molecule has 0 unspecified atom stereocenters. The lowest BCUT2D eigenvalue weighted by Crippen LogP contribution is -2.17. The van der Waals surface area contributed by atoms with Crippen molar-refractivity contribution in [3.05, 3.63) is 478 Å². The molecule has 728 valence electrons. The lowest BCUT2D eigenvalue weighted by Gasteiger charge is -2.29. The van der Waals surface area contributed by atoms with Gasteiger partial charge in [-0.25, -0.2) is 19.9 Å². The number of hydrogen-bond donors (Lipinski definition) is 0. The van der Waals surface area contributed by atoms with E-state index in [4.69, 9.17) is 78.8 Å². The molecule has 16 nitrogen and oxygen atoms in total. The topological polar surface area (TPSA) is 192 Å². The third-order valence-corrected chi connectivity index (χ3v) is 27.4. The molecule has 12 heterocycles. The maximum atomic E-state index is 7.85. The second-order valence-corrected chi connectivity index (χ2v) is 42.4. The van der Waals surface area contributed by atoms with Gasteiger partial charge in [-0.15, -0.1) is 0 Å². The Balaban J connectivity index is 0.735. The molecule has 1 aliphatic carbocycles. The second kappa shape index (κ2) is 41.8. The summed E-state index contributed by atoms with van der Waals surface area (Å²) in [5.74, 6) is 3.17. The first kappa shape index (κ1) is 96.9. The van der Waals surface area contributed by atoms with Crippen LogP contribution in [-0.2, 0) is 73.8 Å². The van der Waals surface area contributed by atoms with Gasteiger partial charge in [-0.3, -0.25) is 39.9 Å². The SMILES string of the molecule is CC(C)(C)c1cc2c(OCc3ccc(-c4cc(-c5ccccn5)nc(-c5ccccn5)c4)cc3)c(c1)Cc1cc(C(C)(C)C)cc(c1OCc1ccc(-c3cc(-c4ccccn4)nc(-c4ccccn4)c3)cc1)Cc1cc(C(C)(C)C)cc(c1OCc1ccc(-c3cc(-c4ccccn4)nc(-c4ccccn4)c3)cc1)Cc1cc(C(C)(C)C)cc(c1OCc1ccc(-c3cc(-c4ccccn4)nc(-c4ccccn4)c3)cc1)C2. The summed E-state index contributed by atoms with van der Waals surface area (Å²) in [6, 6.07) is 119. The fourth-order valence-corrected chi connectivity index (χ4v) is 19.1. The van der Waals surface area contributed by atoms with Crippen molar-refractivity contribution in [2.75, 3.05) is 0 Å². The van der Waals surface area contributed by atoms with Crippen LogP contribution >= 0.6 is 0 Å². The molecule has 20 aromatic rings. The summed E-state index contributed by atoms with van der Waals surface area (Å²) in [6.07, 6.45) is 16.2. The maximum Gasteiger partial charge on any atom is 0.126 e. The number of hydrogen-bond acceptors (Lipinski definition) is 16. The quantitative estimate of drug-likeness (QED) is 0.0554. The number of benzene rings is 8. The van der Waals surface area contributed by atoms with Crippen molar-refractivity contribution in [2.24, 2.45) is 0 Å². The molecular formula is C132H116N12O4. The minimum Gasteiger partial charge on any atom is -0.488 e. The number of nitrogens with zero attached hydrogens (tertiary/aromatic N) is 12. The lowest BCUT2D eigenvalue weighted by atomic mass is 9.79. The Morgan fingerprint density at radius 3 is 0.446 bits per heavy atom. The Kier molecular flexibility index (Phi) is 27.4. The van der Waals surface area contributed by atoms with Crippen LogP contribution in [0.5, 0.6) is 23.0 Å². The fraction of sp³-hybridized carbons (Fsp3) is 0.182. The number of pyridine rings is 12. The molecule has 148 heavy (non-hydrogen) atoms. The van der Waals surface area contributed by atoms with Crippen LogP contribution in [0.1, 0.15) is 172 Å². The minimum absolute atomic E-state index is 0.245. The average molecular weight is 1930 g/mol. The summed E-state index contributed by atoms with van der Waals surface area (Å²) in [5, 5.41) is 0. The van der Waals surface area contributed by atoms with Crippen molar-refractivity contribution in [3.63, 3.8) is 0 Å². The first-order valence-electron chi connectivity index (χ1n) is 50.7. The van der Waals surface area contributed by atoms with Crippen LogP contribution in [-0.4, -0.2) is 59.8 Å². The molecule has 12 aromatic heterocycles. The molecule has 0 atom stereocenters. The molecule has 16 heteroatoms. The highest BCUT2D eigenvalue weighted by molar-refractivity contribution is 5.80. The van der Waals surface area contributed by atoms with E-state index >= 15 is 0 Å². The first-order valence-corrected chi connectivity index (χ1v) is 50.7. The van der Waals surface area contributed by atoms with E-state index in [9.17, 15) is 0 Å². The molecule has 0 amide bonds. The van der Waals surface area contributed by atoms with Crippen LogP contribution in [0, 0.1) is 0 Å². The van der Waals surface area contributed by atoms with Crippen LogP contribution in [0.15, 0.2) is 389 Å². The van der Waals surface area contributed by atoms with Crippen LogP contribution < -0.4 is 18.9 Å². The van der Waals surface area contributed by atoms with E-state index in [0.717, 1.165) is 248 Å². The minimum atomic E-state index is -0.348. The number of aromatic nitrogens is 12. The summed E-state index contributed by atoms with van der Waals surface area (Å²) in [4.78, 5) is 58.7. The summed E-state index contributed by atoms with van der Waals surface area (Å²) in [5.41, 5.74) is 35.6. The smallest absolute Gasteiger partial charge is 0.126 e. The molecule has 0 spiro atoms. The van der Waals surface area contributed by atoms with Crippen LogP contribution in [0.3, 0.4) is 0 Å². The van der Waals surface area contributed by atoms with Gasteiger partial charge in [0, 0.05) is 75.3 Å². The Morgan fingerprint density at radius 2 is 0.318 bits per heavy atom. The summed E-state index contributed by atoms with van der Waals surface area (Å²) in [7, 11) is 0. The number of rotatable bonds is 24. The third kappa shape index (κ3) is 22.3. The molecule has 0 N–H and O–H groups in total. The fourth-order valence-electron chi connectivity index (χ4n) is 19.1. The Bertz CT molecular complexity index is 6860. The van der Waals surface area contributed by atoms with E-state index in [-0.39, 0.29) is 48.1 Å². The predicted octanol–water partition coefficient (Wildman–Crippen LogP) is 30.6. The van der Waals surface area contributed by atoms with Crippen LogP contribution in [0.2, 0.25) is 0 Å². The van der Waals surface area contributed by atoms with Gasteiger partial charge in [0.1, 0.15) is 49.4 Å². The molecule has 0 fully saturated rings. The molecule has 8 aromatic carbocycles. The van der Waals surface area contributed by atoms with Gasteiger partial charge in [-0.2, -0.15) is 0 Å². The van der Waals surface area contributed by atoms with E-state index in [1.807, 2.05) is 146 Å². The maximum absolute atomic E-state index is 7.85.